The van der Waals surface area contributed by atoms with Gasteiger partial charge in [-0.05, 0) is 34.9 Å². The maximum Gasteiger partial charge on any atom is 0.241 e. The lowest BCUT2D eigenvalue weighted by molar-refractivity contribution is -0.122. The average molecular weight is 392 g/mol. The molecule has 3 aromatic carbocycles. The van der Waals surface area contributed by atoms with Crippen molar-refractivity contribution in [2.75, 3.05) is 6.54 Å². The summed E-state index contributed by atoms with van der Waals surface area (Å²) in [6.45, 7) is 0.0296. The van der Waals surface area contributed by atoms with Crippen LogP contribution in [0.15, 0.2) is 77.7 Å². The molecule has 0 heterocycles. The van der Waals surface area contributed by atoms with Crippen LogP contribution in [-0.2, 0) is 21.2 Å². The molecule has 0 aliphatic heterocycles. The maximum absolute atomic E-state index is 12.9. The molecule has 0 aliphatic rings. The quantitative estimate of drug-likeness (QED) is 0.607. The number of terminal acetylenes is 1. The molecule has 0 saturated carbocycles. The first kappa shape index (κ1) is 19.6. The van der Waals surface area contributed by atoms with E-state index in [-0.39, 0.29) is 17.9 Å². The average Bonchev–Trinajstić information content (AvgIpc) is 2.71. The van der Waals surface area contributed by atoms with Crippen LogP contribution in [0.3, 0.4) is 0 Å². The molecule has 0 aromatic heterocycles. The number of carbonyl (C=O) groups excluding carboxylic acids is 1. The minimum Gasteiger partial charge on any atom is -0.344 e. The lowest BCUT2D eigenvalue weighted by Gasteiger charge is -2.18. The fourth-order valence-electron chi connectivity index (χ4n) is 2.89. The normalized spacial score (nSPS) is 12.2. The second kappa shape index (κ2) is 8.70. The number of nitrogens with one attached hydrogen (secondary N) is 2. The molecule has 0 fully saturated rings. The van der Waals surface area contributed by atoms with Crippen molar-refractivity contribution in [1.82, 2.24) is 10.0 Å². The molecule has 0 bridgehead atoms. The monoisotopic (exact) mass is 392 g/mol. The molecule has 28 heavy (non-hydrogen) atoms. The number of sulfonamides is 1. The van der Waals surface area contributed by atoms with Gasteiger partial charge in [0.25, 0.3) is 0 Å². The lowest BCUT2D eigenvalue weighted by Crippen LogP contribution is -2.48. The van der Waals surface area contributed by atoms with Gasteiger partial charge in [0.2, 0.25) is 15.9 Å². The van der Waals surface area contributed by atoms with Gasteiger partial charge >= 0.3 is 0 Å². The van der Waals surface area contributed by atoms with Crippen LogP contribution in [0.2, 0.25) is 0 Å². The fraction of sp³-hybridized carbons (Fsp3) is 0.136. The standard InChI is InChI=1S/C22H20N2O3S/c1-2-14-23-22(25)21(15-17-8-4-3-5-9-17)24-28(26,27)20-13-12-18-10-6-7-11-19(18)16-20/h1,3-13,16,21,24H,14-15H2,(H,23,25). The number of hydrogen-bond acceptors (Lipinski definition) is 3. The summed E-state index contributed by atoms with van der Waals surface area (Å²) in [4.78, 5) is 12.6. The van der Waals surface area contributed by atoms with Gasteiger partial charge in [0.05, 0.1) is 11.4 Å². The van der Waals surface area contributed by atoms with Gasteiger partial charge in [-0.2, -0.15) is 4.72 Å². The molecule has 5 nitrogen and oxygen atoms in total. The SMILES string of the molecule is C#CCNC(=O)C(Cc1ccccc1)NS(=O)(=O)c1ccc2ccccc2c1. The van der Waals surface area contributed by atoms with Gasteiger partial charge in [-0.15, -0.1) is 6.42 Å². The van der Waals surface area contributed by atoms with Gasteiger partial charge < -0.3 is 5.32 Å². The largest absolute Gasteiger partial charge is 0.344 e. The molecular formula is C22H20N2O3S. The Bertz CT molecular complexity index is 1120. The van der Waals surface area contributed by atoms with E-state index >= 15 is 0 Å². The molecule has 0 radical (unpaired) electrons. The van der Waals surface area contributed by atoms with E-state index in [9.17, 15) is 13.2 Å². The molecule has 2 N–H and O–H groups in total. The second-order valence-corrected chi connectivity index (χ2v) is 8.01. The smallest absolute Gasteiger partial charge is 0.241 e. The van der Waals surface area contributed by atoms with Crippen molar-refractivity contribution in [1.29, 1.82) is 0 Å². The van der Waals surface area contributed by atoms with Crippen molar-refractivity contribution in [2.24, 2.45) is 0 Å². The summed E-state index contributed by atoms with van der Waals surface area (Å²) >= 11 is 0. The molecule has 1 unspecified atom stereocenters. The molecule has 0 aliphatic carbocycles. The fourth-order valence-corrected chi connectivity index (χ4v) is 4.12. The van der Waals surface area contributed by atoms with E-state index in [1.807, 2.05) is 54.6 Å². The predicted octanol–water partition coefficient (Wildman–Crippen LogP) is 2.48. The molecule has 0 saturated heterocycles. The van der Waals surface area contributed by atoms with E-state index in [1.165, 1.54) is 6.07 Å². The summed E-state index contributed by atoms with van der Waals surface area (Å²) in [5.74, 6) is 1.86. The van der Waals surface area contributed by atoms with Crippen LogP contribution in [0.4, 0.5) is 0 Å². The summed E-state index contributed by atoms with van der Waals surface area (Å²) in [7, 11) is -3.90. The topological polar surface area (TPSA) is 75.3 Å². The highest BCUT2D eigenvalue weighted by Crippen LogP contribution is 2.19. The Morgan fingerprint density at radius 3 is 2.36 bits per heavy atom. The Morgan fingerprint density at radius 1 is 0.964 bits per heavy atom. The van der Waals surface area contributed by atoms with Gasteiger partial charge in [0.1, 0.15) is 6.04 Å². The molecular weight excluding hydrogens is 372 g/mol. The van der Waals surface area contributed by atoms with Crippen molar-refractivity contribution in [2.45, 2.75) is 17.4 Å². The summed E-state index contributed by atoms with van der Waals surface area (Å²) in [5.41, 5.74) is 0.838. The van der Waals surface area contributed by atoms with Crippen LogP contribution in [0, 0.1) is 12.3 Å². The first-order chi connectivity index (χ1) is 13.5. The van der Waals surface area contributed by atoms with Crippen LogP contribution < -0.4 is 10.0 Å². The minimum absolute atomic E-state index is 0.0296. The van der Waals surface area contributed by atoms with Gasteiger partial charge in [-0.1, -0.05) is 66.6 Å². The maximum atomic E-state index is 12.9. The van der Waals surface area contributed by atoms with E-state index in [0.29, 0.717) is 0 Å². The zero-order valence-electron chi connectivity index (χ0n) is 15.1. The van der Waals surface area contributed by atoms with Gasteiger partial charge in [0, 0.05) is 0 Å². The number of carbonyl (C=O) groups is 1. The molecule has 3 rings (SSSR count). The second-order valence-electron chi connectivity index (χ2n) is 6.29. The predicted molar refractivity (Wildman–Crippen MR) is 110 cm³/mol. The molecule has 1 amide bonds. The number of rotatable bonds is 7. The number of amides is 1. The first-order valence-corrected chi connectivity index (χ1v) is 10.2. The van der Waals surface area contributed by atoms with Crippen molar-refractivity contribution >= 4 is 26.7 Å². The molecule has 0 spiro atoms. The van der Waals surface area contributed by atoms with Crippen molar-refractivity contribution in [3.63, 3.8) is 0 Å². The van der Waals surface area contributed by atoms with E-state index < -0.39 is 22.0 Å². The van der Waals surface area contributed by atoms with E-state index in [0.717, 1.165) is 16.3 Å². The third-order valence-corrected chi connectivity index (χ3v) is 5.76. The number of benzene rings is 3. The highest BCUT2D eigenvalue weighted by molar-refractivity contribution is 7.89. The first-order valence-electron chi connectivity index (χ1n) is 8.76. The highest BCUT2D eigenvalue weighted by Gasteiger charge is 2.26. The molecule has 6 heteroatoms. The van der Waals surface area contributed by atoms with Crippen molar-refractivity contribution in [3.05, 3.63) is 78.4 Å². The van der Waals surface area contributed by atoms with E-state index in [2.05, 4.69) is 16.0 Å². The molecule has 142 valence electrons. The van der Waals surface area contributed by atoms with Crippen molar-refractivity contribution in [3.8, 4) is 12.3 Å². The summed E-state index contributed by atoms with van der Waals surface area (Å²) in [6.07, 6.45) is 5.41. The number of hydrogen-bond donors (Lipinski definition) is 2. The van der Waals surface area contributed by atoms with Crippen molar-refractivity contribution < 1.29 is 13.2 Å². The Balaban J connectivity index is 1.88. The Kier molecular flexibility index (Phi) is 6.09. The highest BCUT2D eigenvalue weighted by atomic mass is 32.2. The molecule has 3 aromatic rings. The van der Waals surface area contributed by atoms with Gasteiger partial charge in [0.15, 0.2) is 0 Å². The Morgan fingerprint density at radius 2 is 1.64 bits per heavy atom. The van der Waals surface area contributed by atoms with Crippen LogP contribution in [0.25, 0.3) is 10.8 Å². The van der Waals surface area contributed by atoms with E-state index in [4.69, 9.17) is 6.42 Å². The minimum atomic E-state index is -3.90. The summed E-state index contributed by atoms with van der Waals surface area (Å²) < 4.78 is 28.4. The zero-order valence-corrected chi connectivity index (χ0v) is 15.9. The van der Waals surface area contributed by atoms with Gasteiger partial charge in [-0.3, -0.25) is 4.79 Å². The summed E-state index contributed by atoms with van der Waals surface area (Å²) in [6, 6.07) is 20.6. The molecule has 1 atom stereocenters. The van der Waals surface area contributed by atoms with Gasteiger partial charge in [-0.25, -0.2) is 8.42 Å². The Hall–Kier alpha value is -3.14. The third-order valence-electron chi connectivity index (χ3n) is 4.29. The third kappa shape index (κ3) is 4.77. The Labute approximate surface area is 164 Å². The summed E-state index contributed by atoms with van der Waals surface area (Å²) in [5, 5.41) is 4.30. The lowest BCUT2D eigenvalue weighted by atomic mass is 10.1. The van der Waals surface area contributed by atoms with Crippen LogP contribution in [0.1, 0.15) is 5.56 Å². The van der Waals surface area contributed by atoms with Crippen LogP contribution in [0.5, 0.6) is 0 Å². The van der Waals surface area contributed by atoms with Crippen LogP contribution in [-0.4, -0.2) is 26.9 Å². The number of fused-ring (bicyclic) bond motifs is 1. The van der Waals surface area contributed by atoms with E-state index in [1.54, 1.807) is 12.1 Å². The zero-order chi connectivity index (χ0) is 20.0. The van der Waals surface area contributed by atoms with Crippen LogP contribution >= 0.6 is 0 Å².